The SMILES string of the molecule is CC.CCC(=O)N1CCC(C2CCNCC2)CC1.CCCCN1CCC(C)CC1.Cc1cc(C)c(N)c(Cl)c1. The number of anilines is 1. The van der Waals surface area contributed by atoms with Gasteiger partial charge in [-0.05, 0) is 126 Å². The van der Waals surface area contributed by atoms with Crippen LogP contribution in [0.4, 0.5) is 5.69 Å². The molecule has 3 N–H and O–H groups in total. The van der Waals surface area contributed by atoms with Crippen molar-refractivity contribution >= 4 is 23.2 Å². The predicted molar refractivity (Wildman–Crippen MR) is 172 cm³/mol. The number of carbonyl (C=O) groups is 1. The minimum Gasteiger partial charge on any atom is -0.397 e. The van der Waals surface area contributed by atoms with Crippen LogP contribution in [0.25, 0.3) is 0 Å². The van der Waals surface area contributed by atoms with Gasteiger partial charge in [0.15, 0.2) is 0 Å². The van der Waals surface area contributed by atoms with Crippen molar-refractivity contribution in [3.05, 3.63) is 28.3 Å². The Morgan fingerprint density at radius 2 is 1.51 bits per heavy atom. The number of nitrogens with two attached hydrogens (primary N) is 1. The van der Waals surface area contributed by atoms with Gasteiger partial charge in [0.2, 0.25) is 5.91 Å². The molecular formula is C33H61ClN4O. The van der Waals surface area contributed by atoms with Crippen LogP contribution in [0.15, 0.2) is 12.1 Å². The maximum absolute atomic E-state index is 11.6. The van der Waals surface area contributed by atoms with Gasteiger partial charge in [-0.25, -0.2) is 0 Å². The standard InChI is InChI=1S/C13H24N2O.C10H21N.C8H10ClN.C2H6/c1-2-13(16)15-9-5-12(6-10-15)11-3-7-14-8-4-11;1-3-4-7-11-8-5-10(2)6-9-11;1-5-3-6(2)8(10)7(9)4-5;1-2/h11-12,14H,2-10H2,1H3;10H,3-9H2,1-2H3;3-4H,10H2,1-2H3;1-2H3. The van der Waals surface area contributed by atoms with Gasteiger partial charge in [0.1, 0.15) is 0 Å². The Morgan fingerprint density at radius 3 is 2.03 bits per heavy atom. The van der Waals surface area contributed by atoms with E-state index in [1.54, 1.807) is 0 Å². The van der Waals surface area contributed by atoms with Crippen molar-refractivity contribution in [2.24, 2.45) is 17.8 Å². The van der Waals surface area contributed by atoms with E-state index in [4.69, 9.17) is 17.3 Å². The Kier molecular flexibility index (Phi) is 18.8. The van der Waals surface area contributed by atoms with E-state index in [0.29, 0.717) is 23.0 Å². The van der Waals surface area contributed by atoms with Crippen LogP contribution in [-0.4, -0.2) is 61.5 Å². The zero-order valence-corrected chi connectivity index (χ0v) is 27.2. The smallest absolute Gasteiger partial charge is 0.222 e. The average molecular weight is 565 g/mol. The van der Waals surface area contributed by atoms with Crippen molar-refractivity contribution in [2.45, 2.75) is 106 Å². The van der Waals surface area contributed by atoms with Crippen LogP contribution in [0, 0.1) is 31.6 Å². The van der Waals surface area contributed by atoms with Crippen LogP contribution in [0.3, 0.4) is 0 Å². The Bertz CT molecular complexity index is 754. The highest BCUT2D eigenvalue weighted by molar-refractivity contribution is 6.33. The summed E-state index contributed by atoms with van der Waals surface area (Å²) in [4.78, 5) is 16.2. The number of unbranched alkanes of at least 4 members (excludes halogenated alkanes) is 1. The maximum atomic E-state index is 11.6. The Labute approximate surface area is 246 Å². The second-order valence-corrected chi connectivity index (χ2v) is 11.9. The van der Waals surface area contributed by atoms with Crippen molar-refractivity contribution in [1.29, 1.82) is 0 Å². The summed E-state index contributed by atoms with van der Waals surface area (Å²) < 4.78 is 0. The fourth-order valence-electron chi connectivity index (χ4n) is 5.75. The zero-order valence-electron chi connectivity index (χ0n) is 26.5. The molecule has 226 valence electrons. The lowest BCUT2D eigenvalue weighted by molar-refractivity contribution is -0.132. The summed E-state index contributed by atoms with van der Waals surface area (Å²) in [6, 6.07) is 3.88. The molecular weight excluding hydrogens is 504 g/mol. The molecule has 0 saturated carbocycles. The molecule has 0 aromatic heterocycles. The van der Waals surface area contributed by atoms with Crippen LogP contribution in [0.2, 0.25) is 5.02 Å². The van der Waals surface area contributed by atoms with Crippen molar-refractivity contribution in [1.82, 2.24) is 15.1 Å². The number of carbonyl (C=O) groups excluding carboxylic acids is 1. The first-order valence-electron chi connectivity index (χ1n) is 16.0. The zero-order chi connectivity index (χ0) is 29.2. The monoisotopic (exact) mass is 564 g/mol. The van der Waals surface area contributed by atoms with E-state index in [1.165, 1.54) is 84.1 Å². The van der Waals surface area contributed by atoms with Gasteiger partial charge in [-0.2, -0.15) is 0 Å². The van der Waals surface area contributed by atoms with Crippen LogP contribution in [-0.2, 0) is 4.79 Å². The molecule has 39 heavy (non-hydrogen) atoms. The molecule has 3 heterocycles. The second kappa shape index (κ2) is 20.6. The summed E-state index contributed by atoms with van der Waals surface area (Å²) in [6.45, 7) is 23.0. The number of halogens is 1. The number of hydrogen-bond acceptors (Lipinski definition) is 4. The molecule has 3 saturated heterocycles. The van der Waals surface area contributed by atoms with Gasteiger partial charge in [-0.1, -0.05) is 58.7 Å². The third kappa shape index (κ3) is 13.7. The average Bonchev–Trinajstić information content (AvgIpc) is 2.97. The summed E-state index contributed by atoms with van der Waals surface area (Å²) in [5.74, 6) is 3.11. The van der Waals surface area contributed by atoms with Crippen molar-refractivity contribution < 1.29 is 4.79 Å². The van der Waals surface area contributed by atoms with E-state index in [1.807, 2.05) is 46.8 Å². The third-order valence-corrected chi connectivity index (χ3v) is 8.74. The first-order valence-corrected chi connectivity index (χ1v) is 16.4. The topological polar surface area (TPSA) is 61.6 Å². The number of aryl methyl sites for hydroxylation is 2. The van der Waals surface area contributed by atoms with E-state index in [-0.39, 0.29) is 0 Å². The molecule has 3 fully saturated rings. The maximum Gasteiger partial charge on any atom is 0.222 e. The molecule has 0 unspecified atom stereocenters. The van der Waals surface area contributed by atoms with Gasteiger partial charge in [-0.3, -0.25) is 4.79 Å². The number of likely N-dealkylation sites (tertiary alicyclic amines) is 2. The van der Waals surface area contributed by atoms with Gasteiger partial charge < -0.3 is 20.9 Å². The first kappa shape index (κ1) is 35.7. The third-order valence-electron chi connectivity index (χ3n) is 8.43. The molecule has 0 atom stereocenters. The number of nitrogens with zero attached hydrogens (tertiary/aromatic N) is 2. The normalized spacial score (nSPS) is 19.1. The van der Waals surface area contributed by atoms with Gasteiger partial charge in [0.25, 0.3) is 0 Å². The highest BCUT2D eigenvalue weighted by Crippen LogP contribution is 2.30. The van der Waals surface area contributed by atoms with Crippen molar-refractivity contribution in [2.75, 3.05) is 51.5 Å². The molecule has 6 heteroatoms. The van der Waals surface area contributed by atoms with Crippen LogP contribution >= 0.6 is 11.6 Å². The van der Waals surface area contributed by atoms with Gasteiger partial charge >= 0.3 is 0 Å². The minimum absolute atomic E-state index is 0.337. The summed E-state index contributed by atoms with van der Waals surface area (Å²) in [5.41, 5.74) is 8.50. The quantitative estimate of drug-likeness (QED) is 0.359. The van der Waals surface area contributed by atoms with E-state index in [0.717, 1.165) is 42.0 Å². The van der Waals surface area contributed by atoms with Gasteiger partial charge in [-0.15, -0.1) is 0 Å². The molecule has 3 aliphatic rings. The molecule has 0 spiro atoms. The fourth-order valence-corrected chi connectivity index (χ4v) is 6.07. The van der Waals surface area contributed by atoms with E-state index in [9.17, 15) is 4.79 Å². The van der Waals surface area contributed by atoms with Crippen molar-refractivity contribution in [3.63, 3.8) is 0 Å². The number of rotatable bonds is 5. The van der Waals surface area contributed by atoms with Gasteiger partial charge in [0, 0.05) is 19.5 Å². The lowest BCUT2D eigenvalue weighted by Gasteiger charge is -2.37. The summed E-state index contributed by atoms with van der Waals surface area (Å²) in [6.07, 6.45) is 11.4. The molecule has 1 aromatic rings. The van der Waals surface area contributed by atoms with Crippen molar-refractivity contribution in [3.8, 4) is 0 Å². The molecule has 3 aliphatic heterocycles. The first-order chi connectivity index (χ1) is 18.7. The molecule has 4 rings (SSSR count). The van der Waals surface area contributed by atoms with E-state index in [2.05, 4.69) is 29.0 Å². The Hall–Kier alpha value is -1.30. The Morgan fingerprint density at radius 1 is 0.949 bits per heavy atom. The highest BCUT2D eigenvalue weighted by atomic mass is 35.5. The fraction of sp³-hybridized carbons (Fsp3) is 0.788. The molecule has 5 nitrogen and oxygen atoms in total. The lowest BCUT2D eigenvalue weighted by atomic mass is 9.79. The number of nitrogens with one attached hydrogen (secondary N) is 1. The summed E-state index contributed by atoms with van der Waals surface area (Å²) in [7, 11) is 0. The molecule has 1 aromatic carbocycles. The van der Waals surface area contributed by atoms with Gasteiger partial charge in [0.05, 0.1) is 10.7 Å². The van der Waals surface area contributed by atoms with E-state index >= 15 is 0 Å². The molecule has 0 bridgehead atoms. The number of hydrogen-bond donors (Lipinski definition) is 2. The summed E-state index contributed by atoms with van der Waals surface area (Å²) in [5, 5.41) is 4.08. The number of amides is 1. The highest BCUT2D eigenvalue weighted by Gasteiger charge is 2.28. The van der Waals surface area contributed by atoms with Crippen LogP contribution < -0.4 is 11.1 Å². The molecule has 0 radical (unpaired) electrons. The predicted octanol–water partition coefficient (Wildman–Crippen LogP) is 7.72. The second-order valence-electron chi connectivity index (χ2n) is 11.5. The summed E-state index contributed by atoms with van der Waals surface area (Å²) >= 11 is 5.79. The molecule has 0 aliphatic carbocycles. The van der Waals surface area contributed by atoms with Crippen LogP contribution in [0.5, 0.6) is 0 Å². The number of benzene rings is 1. The number of piperidine rings is 3. The Balaban J connectivity index is 0.000000293. The molecule has 1 amide bonds. The van der Waals surface area contributed by atoms with E-state index < -0.39 is 0 Å². The van der Waals surface area contributed by atoms with Crippen LogP contribution in [0.1, 0.15) is 104 Å². The lowest BCUT2D eigenvalue weighted by Crippen LogP contribution is -2.41. The largest absolute Gasteiger partial charge is 0.397 e. The number of nitrogen functional groups attached to an aromatic ring is 1. The minimum atomic E-state index is 0.337.